The number of aliphatic hydroxyl groups is 1. The van der Waals surface area contributed by atoms with Crippen LogP contribution in [0.3, 0.4) is 0 Å². The first-order valence-corrected chi connectivity index (χ1v) is 4.69. The normalized spacial score (nSPS) is 35.3. The lowest BCUT2D eigenvalue weighted by molar-refractivity contribution is 0.172. The van der Waals surface area contributed by atoms with Crippen LogP contribution in [0.25, 0.3) is 0 Å². The van der Waals surface area contributed by atoms with E-state index in [0.717, 1.165) is 12.2 Å². The molecule has 0 aromatic rings. The highest BCUT2D eigenvalue weighted by Crippen LogP contribution is 2.29. The third-order valence-corrected chi connectivity index (χ3v) is 3.20. The van der Waals surface area contributed by atoms with Crippen LogP contribution in [-0.2, 0) is 0 Å². The molecule has 0 radical (unpaired) electrons. The molecule has 1 heterocycles. The van der Waals surface area contributed by atoms with E-state index in [9.17, 15) is 5.11 Å². The molecule has 1 nitrogen and oxygen atoms in total. The number of thioether (sulfide) groups is 1. The Morgan fingerprint density at radius 1 is 1.67 bits per heavy atom. The first-order valence-electron chi connectivity index (χ1n) is 3.64. The van der Waals surface area contributed by atoms with Crippen LogP contribution in [0.1, 0.15) is 26.2 Å². The van der Waals surface area contributed by atoms with Crippen molar-refractivity contribution in [3.05, 3.63) is 0 Å². The molecule has 0 amide bonds. The first kappa shape index (κ1) is 7.42. The summed E-state index contributed by atoms with van der Waals surface area (Å²) in [5, 5.41) is 9.85. The Hall–Kier alpha value is 0.310. The topological polar surface area (TPSA) is 20.2 Å². The molecule has 0 aliphatic carbocycles. The first-order chi connectivity index (χ1) is 4.34. The number of hydrogen-bond acceptors (Lipinski definition) is 2. The largest absolute Gasteiger partial charge is 0.392 e. The van der Waals surface area contributed by atoms with E-state index < -0.39 is 0 Å². The van der Waals surface area contributed by atoms with Crippen molar-refractivity contribution in [2.24, 2.45) is 0 Å². The van der Waals surface area contributed by atoms with Crippen molar-refractivity contribution in [2.75, 3.05) is 5.75 Å². The van der Waals surface area contributed by atoms with E-state index >= 15 is 0 Å². The molecule has 1 aliphatic rings. The van der Waals surface area contributed by atoms with Crippen molar-refractivity contribution in [2.45, 2.75) is 37.5 Å². The molecule has 9 heavy (non-hydrogen) atoms. The zero-order valence-electron chi connectivity index (χ0n) is 5.84. The van der Waals surface area contributed by atoms with E-state index in [0.29, 0.717) is 5.25 Å². The number of hydrogen-bond donors (Lipinski definition) is 1. The van der Waals surface area contributed by atoms with E-state index in [1.807, 2.05) is 11.8 Å². The van der Waals surface area contributed by atoms with Gasteiger partial charge in [0.2, 0.25) is 0 Å². The van der Waals surface area contributed by atoms with Crippen molar-refractivity contribution in [1.29, 1.82) is 0 Å². The second kappa shape index (κ2) is 3.47. The van der Waals surface area contributed by atoms with Crippen molar-refractivity contribution in [3.8, 4) is 0 Å². The maximum Gasteiger partial charge on any atom is 0.0666 e. The highest BCUT2D eigenvalue weighted by Gasteiger charge is 2.24. The van der Waals surface area contributed by atoms with Crippen LogP contribution in [0.15, 0.2) is 0 Å². The van der Waals surface area contributed by atoms with Gasteiger partial charge in [0, 0.05) is 5.25 Å². The van der Waals surface area contributed by atoms with Crippen LogP contribution in [0.4, 0.5) is 0 Å². The standard InChI is InChI=1S/C7H14OS/c1-2-3-7-6(8)4-5-9-7/h6-8H,2-5H2,1H3/t6-,7+/m1/s1. The summed E-state index contributed by atoms with van der Waals surface area (Å²) in [4.78, 5) is 0. The Morgan fingerprint density at radius 3 is 2.89 bits per heavy atom. The van der Waals surface area contributed by atoms with Crippen LogP contribution in [0.5, 0.6) is 0 Å². The third kappa shape index (κ3) is 1.87. The average Bonchev–Trinajstić information content (AvgIpc) is 2.18. The smallest absolute Gasteiger partial charge is 0.0666 e. The maximum atomic E-state index is 9.30. The molecule has 0 unspecified atom stereocenters. The fraction of sp³-hybridized carbons (Fsp3) is 1.00. The Bertz CT molecular complexity index is 85.0. The van der Waals surface area contributed by atoms with E-state index in [1.165, 1.54) is 12.8 Å². The van der Waals surface area contributed by atoms with Gasteiger partial charge in [0.25, 0.3) is 0 Å². The molecule has 2 atom stereocenters. The van der Waals surface area contributed by atoms with Gasteiger partial charge in [0.15, 0.2) is 0 Å². The van der Waals surface area contributed by atoms with Gasteiger partial charge in [-0.05, 0) is 18.6 Å². The number of aliphatic hydroxyl groups excluding tert-OH is 1. The van der Waals surface area contributed by atoms with Gasteiger partial charge in [0.1, 0.15) is 0 Å². The van der Waals surface area contributed by atoms with Crippen molar-refractivity contribution in [3.63, 3.8) is 0 Å². The van der Waals surface area contributed by atoms with E-state index in [2.05, 4.69) is 6.92 Å². The van der Waals surface area contributed by atoms with Crippen molar-refractivity contribution >= 4 is 11.8 Å². The van der Waals surface area contributed by atoms with Crippen LogP contribution < -0.4 is 0 Å². The SMILES string of the molecule is CCC[C@@H]1SCC[C@H]1O. The van der Waals surface area contributed by atoms with Crippen LogP contribution in [0, 0.1) is 0 Å². The second-order valence-corrected chi connectivity index (χ2v) is 3.90. The monoisotopic (exact) mass is 146 g/mol. The minimum absolute atomic E-state index is 0.00468. The highest BCUT2D eigenvalue weighted by molar-refractivity contribution is 8.00. The lowest BCUT2D eigenvalue weighted by Crippen LogP contribution is -2.16. The van der Waals surface area contributed by atoms with E-state index in [-0.39, 0.29) is 6.10 Å². The predicted octanol–water partition coefficient (Wildman–Crippen LogP) is 1.65. The van der Waals surface area contributed by atoms with Gasteiger partial charge in [-0.2, -0.15) is 11.8 Å². The van der Waals surface area contributed by atoms with Gasteiger partial charge in [-0.3, -0.25) is 0 Å². The maximum absolute atomic E-state index is 9.30. The molecule has 54 valence electrons. The van der Waals surface area contributed by atoms with Gasteiger partial charge in [-0.25, -0.2) is 0 Å². The molecule has 2 heteroatoms. The summed E-state index contributed by atoms with van der Waals surface area (Å²) in [7, 11) is 0. The predicted molar refractivity (Wildman–Crippen MR) is 41.8 cm³/mol. The minimum Gasteiger partial charge on any atom is -0.392 e. The molecular formula is C7H14OS. The van der Waals surface area contributed by atoms with E-state index in [1.54, 1.807) is 0 Å². The molecule has 1 aliphatic heterocycles. The molecule has 0 aromatic heterocycles. The van der Waals surface area contributed by atoms with Crippen LogP contribution >= 0.6 is 11.8 Å². The molecule has 0 bridgehead atoms. The van der Waals surface area contributed by atoms with Gasteiger partial charge in [0.05, 0.1) is 6.10 Å². The quantitative estimate of drug-likeness (QED) is 0.639. The lowest BCUT2D eigenvalue weighted by atomic mass is 10.1. The molecule has 0 saturated carbocycles. The molecule has 0 spiro atoms. The van der Waals surface area contributed by atoms with Gasteiger partial charge >= 0.3 is 0 Å². The molecule has 1 N–H and O–H groups in total. The molecule has 1 fully saturated rings. The third-order valence-electron chi connectivity index (χ3n) is 1.75. The molecular weight excluding hydrogens is 132 g/mol. The summed E-state index contributed by atoms with van der Waals surface area (Å²) >= 11 is 1.93. The van der Waals surface area contributed by atoms with Crippen molar-refractivity contribution in [1.82, 2.24) is 0 Å². The summed E-state index contributed by atoms with van der Waals surface area (Å²) in [5.74, 6) is 1.16. The lowest BCUT2D eigenvalue weighted by Gasteiger charge is -2.10. The zero-order chi connectivity index (χ0) is 6.69. The Kier molecular flexibility index (Phi) is 2.86. The molecule has 1 rings (SSSR count). The van der Waals surface area contributed by atoms with Crippen LogP contribution in [0.2, 0.25) is 0 Å². The highest BCUT2D eigenvalue weighted by atomic mass is 32.2. The number of rotatable bonds is 2. The fourth-order valence-corrected chi connectivity index (χ4v) is 2.64. The Balaban J connectivity index is 2.22. The van der Waals surface area contributed by atoms with E-state index in [4.69, 9.17) is 0 Å². The van der Waals surface area contributed by atoms with Gasteiger partial charge in [-0.15, -0.1) is 0 Å². The Labute approximate surface area is 60.8 Å². The molecule has 1 saturated heterocycles. The summed E-state index contributed by atoms with van der Waals surface area (Å²) in [6, 6.07) is 0. The summed E-state index contributed by atoms with van der Waals surface area (Å²) in [5.41, 5.74) is 0. The fourth-order valence-electron chi connectivity index (χ4n) is 1.20. The summed E-state index contributed by atoms with van der Waals surface area (Å²) in [6.07, 6.45) is 3.39. The van der Waals surface area contributed by atoms with Gasteiger partial charge < -0.3 is 5.11 Å². The Morgan fingerprint density at radius 2 is 2.44 bits per heavy atom. The van der Waals surface area contributed by atoms with Crippen molar-refractivity contribution < 1.29 is 5.11 Å². The molecule has 0 aromatic carbocycles. The summed E-state index contributed by atoms with van der Waals surface area (Å²) in [6.45, 7) is 2.17. The van der Waals surface area contributed by atoms with Crippen LogP contribution in [-0.4, -0.2) is 22.2 Å². The average molecular weight is 146 g/mol. The zero-order valence-corrected chi connectivity index (χ0v) is 6.66. The second-order valence-electron chi connectivity index (χ2n) is 2.55. The van der Waals surface area contributed by atoms with Gasteiger partial charge in [-0.1, -0.05) is 13.3 Å². The summed E-state index contributed by atoms with van der Waals surface area (Å²) < 4.78 is 0. The minimum atomic E-state index is -0.00468.